The summed E-state index contributed by atoms with van der Waals surface area (Å²) in [6.07, 6.45) is 6.62. The van der Waals surface area contributed by atoms with Gasteiger partial charge in [-0.1, -0.05) is 35.5 Å². The third-order valence-electron chi connectivity index (χ3n) is 7.01. The summed E-state index contributed by atoms with van der Waals surface area (Å²) in [4.78, 5) is 27.6. The summed E-state index contributed by atoms with van der Waals surface area (Å²) < 4.78 is 5.21. The number of aromatic nitrogens is 6. The number of thiol groups is 1. The molecule has 1 aliphatic rings. The predicted molar refractivity (Wildman–Crippen MR) is 168 cm³/mol. The van der Waals surface area contributed by atoms with Gasteiger partial charge in [-0.3, -0.25) is 19.5 Å². The molecule has 1 atom stereocenters. The van der Waals surface area contributed by atoms with E-state index >= 15 is 0 Å². The fourth-order valence-corrected chi connectivity index (χ4v) is 5.62. The van der Waals surface area contributed by atoms with E-state index < -0.39 is 6.04 Å². The Morgan fingerprint density at radius 3 is 2.44 bits per heavy atom. The van der Waals surface area contributed by atoms with Gasteiger partial charge in [-0.2, -0.15) is 12.6 Å². The van der Waals surface area contributed by atoms with E-state index in [2.05, 4.69) is 33.4 Å². The first kappa shape index (κ1) is 29.0. The second kappa shape index (κ2) is 13.4. The fraction of sp³-hybridized carbons (Fsp3) is 0.357. The standard InChI is InChI=1S/C28H32N8O2S3/c37-25-24(9-4-5-17-34-28(38)36(27(41)31-34)22-7-2-1-3-8-22)29-26(40)35(25)23-14-11-20(12-15-23)10-13-21-19-33(32-30-21)16-6-18-39/h1-3,7-8,11-12,14-15,19,24,39H,4-6,9-10,13,16-18H2,(H,29,40)(H,31,41). The SMILES string of the molecule is O=C1C(CCCCn2[nH]c(=S)n(-c3ccccc3)c2=O)NC(=S)N1c1ccc(CCc2cn(CCCS)nn2)cc1. The number of carbonyl (C=O) groups excluding carboxylic acids is 1. The summed E-state index contributed by atoms with van der Waals surface area (Å²) in [6.45, 7) is 1.30. The number of benzene rings is 2. The number of anilines is 1. The van der Waals surface area contributed by atoms with Crippen LogP contribution in [0.25, 0.3) is 5.69 Å². The molecule has 1 amide bonds. The highest BCUT2D eigenvalue weighted by atomic mass is 32.1. The molecule has 41 heavy (non-hydrogen) atoms. The van der Waals surface area contributed by atoms with Crippen LogP contribution in [-0.4, -0.2) is 52.2 Å². The smallest absolute Gasteiger partial charge is 0.349 e. The number of aromatic amines is 1. The fourth-order valence-electron chi connectivity index (χ4n) is 4.85. The minimum absolute atomic E-state index is 0.0626. The van der Waals surface area contributed by atoms with Gasteiger partial charge in [0.1, 0.15) is 6.04 Å². The van der Waals surface area contributed by atoms with Gasteiger partial charge in [0.05, 0.1) is 17.1 Å². The lowest BCUT2D eigenvalue weighted by Gasteiger charge is -2.15. The van der Waals surface area contributed by atoms with Crippen LogP contribution >= 0.6 is 37.1 Å². The Hall–Kier alpha value is -3.55. The van der Waals surface area contributed by atoms with Crippen LogP contribution in [0.15, 0.2) is 65.6 Å². The topological polar surface area (TPSA) is 106 Å². The number of amides is 1. The van der Waals surface area contributed by atoms with Crippen molar-refractivity contribution >= 4 is 53.8 Å². The van der Waals surface area contributed by atoms with E-state index in [4.69, 9.17) is 24.4 Å². The maximum absolute atomic E-state index is 13.2. The zero-order valence-electron chi connectivity index (χ0n) is 22.5. The Kier molecular flexibility index (Phi) is 9.47. The predicted octanol–water partition coefficient (Wildman–Crippen LogP) is 3.85. The Morgan fingerprint density at radius 2 is 1.68 bits per heavy atom. The van der Waals surface area contributed by atoms with Gasteiger partial charge in [0.25, 0.3) is 5.91 Å². The second-order valence-corrected chi connectivity index (χ2v) is 11.1. The summed E-state index contributed by atoms with van der Waals surface area (Å²) in [5, 5.41) is 15.0. The lowest BCUT2D eigenvalue weighted by Crippen LogP contribution is -2.31. The molecule has 10 nitrogen and oxygen atoms in total. The van der Waals surface area contributed by atoms with Crippen LogP contribution in [0.5, 0.6) is 0 Å². The molecule has 4 aromatic rings. The Labute approximate surface area is 253 Å². The molecule has 1 fully saturated rings. The zero-order chi connectivity index (χ0) is 28.8. The molecule has 1 unspecified atom stereocenters. The number of unbranched alkanes of at least 4 members (excludes halogenated alkanes) is 1. The number of thiocarbonyl (C=S) groups is 1. The van der Waals surface area contributed by atoms with E-state index in [0.717, 1.165) is 60.6 Å². The van der Waals surface area contributed by atoms with Crippen molar-refractivity contribution in [1.29, 1.82) is 0 Å². The van der Waals surface area contributed by atoms with E-state index in [1.807, 2.05) is 65.5 Å². The number of H-pyrrole nitrogens is 1. The van der Waals surface area contributed by atoms with Crippen LogP contribution in [0, 0.1) is 4.77 Å². The van der Waals surface area contributed by atoms with Crippen molar-refractivity contribution in [3.05, 3.63) is 87.3 Å². The van der Waals surface area contributed by atoms with Crippen molar-refractivity contribution in [2.75, 3.05) is 10.7 Å². The number of hydrogen-bond acceptors (Lipinski definition) is 7. The number of nitrogens with one attached hydrogen (secondary N) is 2. The van der Waals surface area contributed by atoms with Gasteiger partial charge in [0.15, 0.2) is 5.11 Å². The molecule has 2 aromatic carbocycles. The highest BCUT2D eigenvalue weighted by molar-refractivity contribution is 7.80. The minimum Gasteiger partial charge on any atom is -0.350 e. The van der Waals surface area contributed by atoms with Gasteiger partial charge in [-0.25, -0.2) is 14.0 Å². The molecule has 214 valence electrons. The quantitative estimate of drug-likeness (QED) is 0.120. The molecular formula is C28H32N8O2S3. The highest BCUT2D eigenvalue weighted by Gasteiger charge is 2.35. The van der Waals surface area contributed by atoms with Crippen LogP contribution in [0.1, 0.15) is 36.9 Å². The third-order valence-corrected chi connectivity index (χ3v) is 7.90. The van der Waals surface area contributed by atoms with E-state index in [1.165, 1.54) is 9.25 Å². The number of nitrogens with zero attached hydrogens (tertiary/aromatic N) is 6. The lowest BCUT2D eigenvalue weighted by molar-refractivity contribution is -0.118. The second-order valence-electron chi connectivity index (χ2n) is 9.91. The average Bonchev–Trinajstić information content (AvgIpc) is 3.64. The molecule has 3 heterocycles. The first-order valence-corrected chi connectivity index (χ1v) is 15.1. The average molecular weight is 609 g/mol. The summed E-state index contributed by atoms with van der Waals surface area (Å²) in [5.74, 6) is 0.760. The molecule has 0 spiro atoms. The van der Waals surface area contributed by atoms with E-state index in [0.29, 0.717) is 29.3 Å². The van der Waals surface area contributed by atoms with E-state index in [9.17, 15) is 9.59 Å². The largest absolute Gasteiger partial charge is 0.350 e. The van der Waals surface area contributed by atoms with Crippen molar-refractivity contribution < 1.29 is 4.79 Å². The van der Waals surface area contributed by atoms with Crippen molar-refractivity contribution in [3.8, 4) is 5.69 Å². The minimum atomic E-state index is -0.392. The van der Waals surface area contributed by atoms with Crippen molar-refractivity contribution in [3.63, 3.8) is 0 Å². The number of para-hydroxylation sites is 1. The van der Waals surface area contributed by atoms with Crippen molar-refractivity contribution in [2.45, 2.75) is 57.7 Å². The van der Waals surface area contributed by atoms with E-state index in [1.54, 1.807) is 4.90 Å². The number of hydrogen-bond donors (Lipinski definition) is 3. The van der Waals surface area contributed by atoms with Crippen LogP contribution in [0.4, 0.5) is 5.69 Å². The maximum atomic E-state index is 13.2. The monoisotopic (exact) mass is 608 g/mol. The molecule has 5 rings (SSSR count). The molecule has 13 heteroatoms. The van der Waals surface area contributed by atoms with Gasteiger partial charge < -0.3 is 5.32 Å². The summed E-state index contributed by atoms with van der Waals surface area (Å²) in [6, 6.07) is 16.8. The third kappa shape index (κ3) is 6.85. The molecule has 1 saturated heterocycles. The molecular weight excluding hydrogens is 577 g/mol. The summed E-state index contributed by atoms with van der Waals surface area (Å²) in [5.41, 5.74) is 3.37. The first-order chi connectivity index (χ1) is 19.9. The highest BCUT2D eigenvalue weighted by Crippen LogP contribution is 2.23. The molecule has 2 N–H and O–H groups in total. The first-order valence-electron chi connectivity index (χ1n) is 13.6. The normalized spacial score (nSPS) is 15.0. The summed E-state index contributed by atoms with van der Waals surface area (Å²) >= 11 is 15.1. The maximum Gasteiger partial charge on any atom is 0.349 e. The van der Waals surface area contributed by atoms with Gasteiger partial charge in [0, 0.05) is 19.3 Å². The van der Waals surface area contributed by atoms with Crippen molar-refractivity contribution in [1.82, 2.24) is 34.7 Å². The van der Waals surface area contributed by atoms with Crippen molar-refractivity contribution in [2.24, 2.45) is 0 Å². The van der Waals surface area contributed by atoms with Crippen LogP contribution < -0.4 is 15.9 Å². The molecule has 0 radical (unpaired) electrons. The number of rotatable bonds is 13. The van der Waals surface area contributed by atoms with Gasteiger partial charge >= 0.3 is 5.69 Å². The molecule has 1 aliphatic heterocycles. The Bertz CT molecular complexity index is 1610. The van der Waals surface area contributed by atoms with Crippen LogP contribution in [0.3, 0.4) is 0 Å². The van der Waals surface area contributed by atoms with Gasteiger partial charge in [0.2, 0.25) is 4.77 Å². The molecule has 2 aromatic heterocycles. The van der Waals surface area contributed by atoms with Gasteiger partial charge in [-0.05, 0) is 98.5 Å². The summed E-state index contributed by atoms with van der Waals surface area (Å²) in [7, 11) is 0. The van der Waals surface area contributed by atoms with E-state index in [-0.39, 0.29) is 11.6 Å². The zero-order valence-corrected chi connectivity index (χ0v) is 25.0. The number of carbonyl (C=O) groups is 1. The van der Waals surface area contributed by atoms with Gasteiger partial charge in [-0.15, -0.1) is 5.10 Å². The molecule has 0 saturated carbocycles. The Balaban J connectivity index is 1.11. The van der Waals surface area contributed by atoms with Crippen LogP contribution in [-0.2, 0) is 30.7 Å². The Morgan fingerprint density at radius 1 is 0.902 bits per heavy atom. The molecule has 0 aliphatic carbocycles. The molecule has 0 bridgehead atoms. The lowest BCUT2D eigenvalue weighted by atomic mass is 10.1. The van der Waals surface area contributed by atoms with Crippen LogP contribution in [0.2, 0.25) is 0 Å². The number of aryl methyl sites for hydroxylation is 4.